The van der Waals surface area contributed by atoms with Crippen LogP contribution in [0.5, 0.6) is 0 Å². The van der Waals surface area contributed by atoms with E-state index < -0.39 is 36.9 Å². The first-order chi connectivity index (χ1) is 7.90. The van der Waals surface area contributed by atoms with Crippen molar-refractivity contribution >= 4 is 11.9 Å². The van der Waals surface area contributed by atoms with Crippen molar-refractivity contribution in [3.05, 3.63) is 25.3 Å². The van der Waals surface area contributed by atoms with E-state index in [4.69, 9.17) is 11.5 Å². The molecule has 5 N–H and O–H groups in total. The average Bonchev–Trinajstić information content (AvgIpc) is 2.28. The van der Waals surface area contributed by atoms with Crippen molar-refractivity contribution in [1.82, 2.24) is 0 Å². The predicted molar refractivity (Wildman–Crippen MR) is 59.2 cm³/mol. The van der Waals surface area contributed by atoms with Gasteiger partial charge in [-0.2, -0.15) is 0 Å². The van der Waals surface area contributed by atoms with E-state index in [1.165, 1.54) is 6.08 Å². The Morgan fingerprint density at radius 2 is 1.65 bits per heavy atom. The maximum absolute atomic E-state index is 11.1. The molecule has 0 aromatic rings. The van der Waals surface area contributed by atoms with Crippen LogP contribution in [0, 0.1) is 0 Å². The summed E-state index contributed by atoms with van der Waals surface area (Å²) in [6, 6.07) is 0. The van der Waals surface area contributed by atoms with Crippen LogP contribution in [-0.2, 0) is 19.1 Å². The zero-order chi connectivity index (χ0) is 13.4. The number of ether oxygens (including phenoxy) is 2. The van der Waals surface area contributed by atoms with Gasteiger partial charge in [0.15, 0.2) is 18.6 Å². The molecule has 7 nitrogen and oxygen atoms in total. The lowest BCUT2D eigenvalue weighted by atomic mass is 10.2. The molecule has 7 heteroatoms. The predicted octanol–water partition coefficient (Wildman–Crippen LogP) is -1.23. The van der Waals surface area contributed by atoms with Gasteiger partial charge in [-0.15, -0.1) is 0 Å². The van der Waals surface area contributed by atoms with Crippen LogP contribution < -0.4 is 11.5 Å². The van der Waals surface area contributed by atoms with Crippen LogP contribution in [0.2, 0.25) is 0 Å². The van der Waals surface area contributed by atoms with Crippen LogP contribution in [-0.4, -0.2) is 35.6 Å². The zero-order valence-corrected chi connectivity index (χ0v) is 9.24. The van der Waals surface area contributed by atoms with Gasteiger partial charge in [-0.3, -0.25) is 16.3 Å². The van der Waals surface area contributed by atoms with Crippen molar-refractivity contribution in [2.75, 3.05) is 0 Å². The van der Waals surface area contributed by atoms with Gasteiger partial charge >= 0.3 is 11.9 Å². The summed E-state index contributed by atoms with van der Waals surface area (Å²) in [5, 5.41) is 9.29. The van der Waals surface area contributed by atoms with Gasteiger partial charge in [0.05, 0.1) is 6.42 Å². The third kappa shape index (κ3) is 6.46. The Labute approximate surface area is 98.7 Å². The molecule has 0 saturated carbocycles. The second-order valence-corrected chi connectivity index (χ2v) is 3.05. The monoisotopic (exact) mass is 244 g/mol. The third-order valence-corrected chi connectivity index (χ3v) is 1.62. The standard InChI is InChI=1S/C10H16N2O5/c1-3-7(11)16-9(14)5-6(13)10(15)17-8(12)4-2/h3-4,6-8,13H,1-2,5,11-12H2. The molecule has 0 radical (unpaired) electrons. The molecule has 96 valence electrons. The first kappa shape index (κ1) is 15.3. The molecule has 0 aliphatic rings. The first-order valence-electron chi connectivity index (χ1n) is 4.75. The third-order valence-electron chi connectivity index (χ3n) is 1.62. The van der Waals surface area contributed by atoms with Crippen LogP contribution in [0.15, 0.2) is 25.3 Å². The quantitative estimate of drug-likeness (QED) is 0.291. The van der Waals surface area contributed by atoms with Gasteiger partial charge in [0.1, 0.15) is 0 Å². The van der Waals surface area contributed by atoms with Crippen LogP contribution in [0.4, 0.5) is 0 Å². The number of hydrogen-bond acceptors (Lipinski definition) is 7. The molecular weight excluding hydrogens is 228 g/mol. The summed E-state index contributed by atoms with van der Waals surface area (Å²) in [5.41, 5.74) is 10.5. The number of carbonyl (C=O) groups excluding carboxylic acids is 2. The highest BCUT2D eigenvalue weighted by atomic mass is 16.6. The number of aliphatic hydroxyl groups is 1. The van der Waals surface area contributed by atoms with Gasteiger partial charge in [-0.1, -0.05) is 13.2 Å². The lowest BCUT2D eigenvalue weighted by molar-refractivity contribution is -0.163. The van der Waals surface area contributed by atoms with E-state index in [2.05, 4.69) is 22.6 Å². The smallest absolute Gasteiger partial charge is 0.337 e. The first-order valence-corrected chi connectivity index (χ1v) is 4.75. The van der Waals surface area contributed by atoms with Crippen molar-refractivity contribution in [2.45, 2.75) is 25.0 Å². The molecule has 0 aromatic carbocycles. The summed E-state index contributed by atoms with van der Waals surface area (Å²) in [5.74, 6) is -1.89. The van der Waals surface area contributed by atoms with E-state index in [9.17, 15) is 14.7 Å². The molecule has 3 unspecified atom stereocenters. The number of hydrogen-bond donors (Lipinski definition) is 3. The molecule has 3 atom stereocenters. The molecule has 0 aromatic heterocycles. The number of aliphatic hydroxyl groups excluding tert-OH is 1. The minimum Gasteiger partial charge on any atom is -0.443 e. The van der Waals surface area contributed by atoms with E-state index in [1.54, 1.807) is 0 Å². The van der Waals surface area contributed by atoms with E-state index in [0.717, 1.165) is 6.08 Å². The Morgan fingerprint density at radius 3 is 2.12 bits per heavy atom. The highest BCUT2D eigenvalue weighted by Gasteiger charge is 2.23. The normalized spacial score (nSPS) is 15.2. The number of rotatable bonds is 7. The van der Waals surface area contributed by atoms with Crippen LogP contribution in [0.3, 0.4) is 0 Å². The highest BCUT2D eigenvalue weighted by Crippen LogP contribution is 2.00. The summed E-state index contributed by atoms with van der Waals surface area (Å²) < 4.78 is 9.06. The Balaban J connectivity index is 4.11. The summed E-state index contributed by atoms with van der Waals surface area (Å²) in [6.45, 7) is 6.58. The van der Waals surface area contributed by atoms with Gasteiger partial charge in [-0.05, 0) is 12.2 Å². The van der Waals surface area contributed by atoms with Crippen LogP contribution in [0.1, 0.15) is 6.42 Å². The lowest BCUT2D eigenvalue weighted by Crippen LogP contribution is -2.34. The largest absolute Gasteiger partial charge is 0.443 e. The Bertz CT molecular complexity index is 305. The minimum atomic E-state index is -1.66. The van der Waals surface area contributed by atoms with Crippen LogP contribution >= 0.6 is 0 Å². The topological polar surface area (TPSA) is 125 Å². The fraction of sp³-hybridized carbons (Fsp3) is 0.400. The summed E-state index contributed by atoms with van der Waals surface area (Å²) >= 11 is 0. The Kier molecular flexibility index (Phi) is 6.80. The molecule has 0 fully saturated rings. The Morgan fingerprint density at radius 1 is 1.18 bits per heavy atom. The fourth-order valence-electron chi connectivity index (χ4n) is 0.750. The highest BCUT2D eigenvalue weighted by molar-refractivity contribution is 5.81. The molecule has 17 heavy (non-hydrogen) atoms. The number of esters is 2. The molecule has 0 spiro atoms. The second-order valence-electron chi connectivity index (χ2n) is 3.05. The van der Waals surface area contributed by atoms with E-state index >= 15 is 0 Å². The van der Waals surface area contributed by atoms with E-state index in [-0.39, 0.29) is 0 Å². The van der Waals surface area contributed by atoms with Gasteiger partial charge in [0.25, 0.3) is 0 Å². The molecule has 0 saturated heterocycles. The molecule has 0 aliphatic heterocycles. The molecule has 0 heterocycles. The van der Waals surface area contributed by atoms with Crippen molar-refractivity contribution in [3.63, 3.8) is 0 Å². The molecule has 0 rings (SSSR count). The number of nitrogens with two attached hydrogens (primary N) is 2. The average molecular weight is 244 g/mol. The Hall–Kier alpha value is -1.70. The zero-order valence-electron chi connectivity index (χ0n) is 9.24. The summed E-state index contributed by atoms with van der Waals surface area (Å²) in [4.78, 5) is 22.3. The number of carbonyl (C=O) groups is 2. The fourth-order valence-corrected chi connectivity index (χ4v) is 0.750. The van der Waals surface area contributed by atoms with Crippen molar-refractivity contribution < 1.29 is 24.2 Å². The maximum Gasteiger partial charge on any atom is 0.337 e. The van der Waals surface area contributed by atoms with Gasteiger partial charge in [0, 0.05) is 0 Å². The van der Waals surface area contributed by atoms with E-state index in [0.29, 0.717) is 0 Å². The van der Waals surface area contributed by atoms with Crippen molar-refractivity contribution in [1.29, 1.82) is 0 Å². The summed E-state index contributed by atoms with van der Waals surface area (Å²) in [6.07, 6.45) is -1.91. The molecule has 0 bridgehead atoms. The van der Waals surface area contributed by atoms with Crippen molar-refractivity contribution in [3.8, 4) is 0 Å². The molecule has 0 aliphatic carbocycles. The lowest BCUT2D eigenvalue weighted by Gasteiger charge is -2.14. The second kappa shape index (κ2) is 7.55. The molecule has 0 amide bonds. The van der Waals surface area contributed by atoms with Gasteiger partial charge < -0.3 is 14.6 Å². The van der Waals surface area contributed by atoms with E-state index in [1.807, 2.05) is 0 Å². The van der Waals surface area contributed by atoms with Crippen LogP contribution in [0.25, 0.3) is 0 Å². The minimum absolute atomic E-state index is 0.579. The van der Waals surface area contributed by atoms with Gasteiger partial charge in [0.2, 0.25) is 0 Å². The van der Waals surface area contributed by atoms with Crippen molar-refractivity contribution in [2.24, 2.45) is 11.5 Å². The SMILES string of the molecule is C=CC(N)OC(=O)CC(O)C(=O)OC(N)C=C. The summed E-state index contributed by atoms with van der Waals surface area (Å²) in [7, 11) is 0. The van der Waals surface area contributed by atoms with Gasteiger partial charge in [-0.25, -0.2) is 4.79 Å². The maximum atomic E-state index is 11.1. The molecular formula is C10H16N2O5.